The second-order valence-electron chi connectivity index (χ2n) is 9.40. The molecule has 0 spiro atoms. The van der Waals surface area contributed by atoms with Gasteiger partial charge in [-0.25, -0.2) is 0 Å². The minimum absolute atomic E-state index is 0.00124. The van der Waals surface area contributed by atoms with E-state index < -0.39 is 0 Å². The predicted octanol–water partition coefficient (Wildman–Crippen LogP) is 6.31. The van der Waals surface area contributed by atoms with Crippen LogP contribution < -0.4 is 9.47 Å². The first-order chi connectivity index (χ1) is 17.4. The summed E-state index contributed by atoms with van der Waals surface area (Å²) in [5.41, 5.74) is 3.67. The van der Waals surface area contributed by atoms with Crippen molar-refractivity contribution in [1.29, 1.82) is 0 Å². The molecule has 2 aromatic rings. The maximum Gasteiger partial charge on any atom is 0.189 e. The Balaban J connectivity index is 2.05. The zero-order valence-corrected chi connectivity index (χ0v) is 22.0. The number of allylic oxidation sites excluding steroid dienone is 4. The van der Waals surface area contributed by atoms with E-state index in [0.29, 0.717) is 19.0 Å². The lowest BCUT2D eigenvalue weighted by Crippen LogP contribution is -2.33. The number of hydrogen-bond donors (Lipinski definition) is 1. The lowest BCUT2D eigenvalue weighted by Gasteiger charge is -2.37. The van der Waals surface area contributed by atoms with Crippen molar-refractivity contribution in [3.63, 3.8) is 0 Å². The van der Waals surface area contributed by atoms with Gasteiger partial charge >= 0.3 is 0 Å². The summed E-state index contributed by atoms with van der Waals surface area (Å²) in [7, 11) is 3.10. The van der Waals surface area contributed by atoms with E-state index in [-0.39, 0.29) is 47.4 Å². The SMILES string of the molecule is COCCOCOc1cc(OC)cc(O)c1C(=O)[C@@H]1[C@H](CC=C(C)C)C(C)=CC[C@H]1c1ccccc1. The van der Waals surface area contributed by atoms with E-state index >= 15 is 0 Å². The predicted molar refractivity (Wildman–Crippen MR) is 141 cm³/mol. The first kappa shape index (κ1) is 27.5. The molecule has 6 nitrogen and oxygen atoms in total. The maximum atomic E-state index is 14.4. The number of aromatic hydroxyl groups is 1. The Morgan fingerprint density at radius 2 is 1.86 bits per heavy atom. The molecule has 0 saturated carbocycles. The Kier molecular flexibility index (Phi) is 10.1. The first-order valence-electron chi connectivity index (χ1n) is 12.4. The second-order valence-corrected chi connectivity index (χ2v) is 9.40. The zero-order chi connectivity index (χ0) is 26.1. The monoisotopic (exact) mass is 494 g/mol. The molecule has 0 amide bonds. The third-order valence-electron chi connectivity index (χ3n) is 6.72. The Labute approximate surface area is 214 Å². The number of rotatable bonds is 12. The van der Waals surface area contributed by atoms with Crippen LogP contribution in [-0.2, 0) is 9.47 Å². The summed E-state index contributed by atoms with van der Waals surface area (Å²) in [6, 6.07) is 13.2. The normalized spacial score (nSPS) is 19.4. The minimum Gasteiger partial charge on any atom is -0.507 e. The summed E-state index contributed by atoms with van der Waals surface area (Å²) in [5.74, 6) is -0.0553. The second kappa shape index (κ2) is 13.3. The number of phenols is 1. The van der Waals surface area contributed by atoms with Crippen LogP contribution in [0.5, 0.6) is 17.2 Å². The molecule has 3 rings (SSSR count). The lowest BCUT2D eigenvalue weighted by molar-refractivity contribution is -0.00897. The van der Waals surface area contributed by atoms with Gasteiger partial charge in [0.05, 0.1) is 20.3 Å². The van der Waals surface area contributed by atoms with Crippen molar-refractivity contribution >= 4 is 5.78 Å². The van der Waals surface area contributed by atoms with Gasteiger partial charge in [0.15, 0.2) is 12.6 Å². The van der Waals surface area contributed by atoms with Crippen LogP contribution in [0.3, 0.4) is 0 Å². The van der Waals surface area contributed by atoms with Gasteiger partial charge in [0, 0.05) is 25.2 Å². The van der Waals surface area contributed by atoms with Crippen molar-refractivity contribution in [3.05, 3.63) is 76.9 Å². The summed E-state index contributed by atoms with van der Waals surface area (Å²) >= 11 is 0. The van der Waals surface area contributed by atoms with Crippen LogP contribution in [0.1, 0.15) is 55.5 Å². The summed E-state index contributed by atoms with van der Waals surface area (Å²) in [5, 5.41) is 11.0. The lowest BCUT2D eigenvalue weighted by atomic mass is 9.65. The number of Topliss-reactive ketones (excluding diaryl/α,β-unsaturated/α-hetero) is 1. The largest absolute Gasteiger partial charge is 0.507 e. The quantitative estimate of drug-likeness (QED) is 0.161. The number of benzene rings is 2. The van der Waals surface area contributed by atoms with E-state index in [1.807, 2.05) is 18.2 Å². The molecular formula is C30H38O6. The van der Waals surface area contributed by atoms with Gasteiger partial charge in [-0.2, -0.15) is 0 Å². The molecule has 1 aliphatic rings. The van der Waals surface area contributed by atoms with Gasteiger partial charge in [0.25, 0.3) is 0 Å². The van der Waals surface area contributed by atoms with Crippen LogP contribution in [0.15, 0.2) is 65.8 Å². The first-order valence-corrected chi connectivity index (χ1v) is 12.4. The van der Waals surface area contributed by atoms with Crippen molar-refractivity contribution < 1.29 is 28.8 Å². The van der Waals surface area contributed by atoms with Crippen LogP contribution >= 0.6 is 0 Å². The molecule has 3 atom stereocenters. The summed E-state index contributed by atoms with van der Waals surface area (Å²) in [4.78, 5) is 14.4. The van der Waals surface area contributed by atoms with E-state index in [1.54, 1.807) is 13.2 Å². The molecule has 36 heavy (non-hydrogen) atoms. The fraction of sp³-hybridized carbons (Fsp3) is 0.433. The molecule has 0 bridgehead atoms. The highest BCUT2D eigenvalue weighted by atomic mass is 16.7. The fourth-order valence-electron chi connectivity index (χ4n) is 4.81. The Hall–Kier alpha value is -3.09. The molecule has 0 aromatic heterocycles. The van der Waals surface area contributed by atoms with Gasteiger partial charge in [-0.15, -0.1) is 0 Å². The van der Waals surface area contributed by atoms with Gasteiger partial charge in [-0.05, 0) is 51.0 Å². The molecule has 0 fully saturated rings. The van der Waals surface area contributed by atoms with Crippen molar-refractivity contribution in [2.24, 2.45) is 11.8 Å². The zero-order valence-electron chi connectivity index (χ0n) is 22.0. The van der Waals surface area contributed by atoms with Crippen LogP contribution in [0.25, 0.3) is 0 Å². The van der Waals surface area contributed by atoms with Gasteiger partial charge in [-0.3, -0.25) is 4.79 Å². The third-order valence-corrected chi connectivity index (χ3v) is 6.72. The van der Waals surface area contributed by atoms with E-state index in [2.05, 4.69) is 45.1 Å². The summed E-state index contributed by atoms with van der Waals surface area (Å²) in [6.45, 7) is 6.93. The third kappa shape index (κ3) is 6.77. The highest BCUT2D eigenvalue weighted by Crippen LogP contribution is 2.47. The molecule has 0 unspecified atom stereocenters. The smallest absolute Gasteiger partial charge is 0.189 e. The standard InChI is InChI=1S/C30H38O6/c1-20(2)11-13-24-21(3)12-14-25(22-9-7-6-8-10-22)28(24)30(32)29-26(31)17-23(34-5)18-27(29)36-19-35-16-15-33-4/h6-12,17-18,24-25,28,31H,13-16,19H2,1-5H3/t24-,25+,28-/m1/s1. The molecule has 1 N–H and O–H groups in total. The van der Waals surface area contributed by atoms with Crippen molar-refractivity contribution in [2.75, 3.05) is 34.2 Å². The molecular weight excluding hydrogens is 456 g/mol. The number of carbonyl (C=O) groups is 1. The summed E-state index contributed by atoms with van der Waals surface area (Å²) in [6.07, 6.45) is 5.94. The molecule has 0 aliphatic heterocycles. The summed E-state index contributed by atoms with van der Waals surface area (Å²) < 4.78 is 21.6. The Morgan fingerprint density at radius 3 is 2.53 bits per heavy atom. The highest BCUT2D eigenvalue weighted by Gasteiger charge is 2.41. The Morgan fingerprint density at radius 1 is 1.11 bits per heavy atom. The van der Waals surface area contributed by atoms with Crippen molar-refractivity contribution in [2.45, 2.75) is 39.5 Å². The molecule has 2 aromatic carbocycles. The number of hydrogen-bond acceptors (Lipinski definition) is 6. The Bertz CT molecular complexity index is 1070. The van der Waals surface area contributed by atoms with Gasteiger partial charge in [0.1, 0.15) is 22.8 Å². The minimum atomic E-state index is -0.371. The van der Waals surface area contributed by atoms with Crippen LogP contribution in [0.2, 0.25) is 0 Å². The number of phenolic OH excluding ortho intramolecular Hbond substituents is 1. The van der Waals surface area contributed by atoms with Crippen molar-refractivity contribution in [3.8, 4) is 17.2 Å². The van der Waals surface area contributed by atoms with Crippen LogP contribution in [0, 0.1) is 11.8 Å². The van der Waals surface area contributed by atoms with E-state index in [0.717, 1.165) is 18.4 Å². The molecule has 194 valence electrons. The van der Waals surface area contributed by atoms with E-state index in [1.165, 1.54) is 24.3 Å². The fourth-order valence-corrected chi connectivity index (χ4v) is 4.81. The number of ketones is 1. The highest BCUT2D eigenvalue weighted by molar-refractivity contribution is 6.04. The van der Waals surface area contributed by atoms with Crippen molar-refractivity contribution in [1.82, 2.24) is 0 Å². The molecule has 6 heteroatoms. The molecule has 0 heterocycles. The molecule has 0 saturated heterocycles. The van der Waals surface area contributed by atoms with Gasteiger partial charge < -0.3 is 24.1 Å². The van der Waals surface area contributed by atoms with Gasteiger partial charge in [-0.1, -0.05) is 53.6 Å². The van der Waals surface area contributed by atoms with Crippen LogP contribution in [-0.4, -0.2) is 45.1 Å². The molecule has 1 aliphatic carbocycles. The van der Waals surface area contributed by atoms with E-state index in [9.17, 15) is 9.90 Å². The van der Waals surface area contributed by atoms with Gasteiger partial charge in [0.2, 0.25) is 0 Å². The number of methoxy groups -OCH3 is 2. The maximum absolute atomic E-state index is 14.4. The number of carbonyl (C=O) groups excluding carboxylic acids is 1. The average Bonchev–Trinajstić information content (AvgIpc) is 2.87. The van der Waals surface area contributed by atoms with Crippen LogP contribution in [0.4, 0.5) is 0 Å². The average molecular weight is 495 g/mol. The topological polar surface area (TPSA) is 74.2 Å². The number of ether oxygens (including phenoxy) is 4. The van der Waals surface area contributed by atoms with E-state index in [4.69, 9.17) is 18.9 Å². The molecule has 0 radical (unpaired) electrons.